The molecule has 0 aliphatic rings. The van der Waals surface area contributed by atoms with E-state index in [1.807, 2.05) is 24.3 Å². The van der Waals surface area contributed by atoms with Gasteiger partial charge in [0.1, 0.15) is 17.3 Å². The molecule has 0 fully saturated rings. The van der Waals surface area contributed by atoms with Crippen LogP contribution in [0.25, 0.3) is 0 Å². The third-order valence-corrected chi connectivity index (χ3v) is 2.75. The number of ether oxygens (including phenoxy) is 1. The highest BCUT2D eigenvalue weighted by atomic mass is 35.5. The van der Waals surface area contributed by atoms with Crippen LogP contribution < -0.4 is 10.5 Å². The van der Waals surface area contributed by atoms with Crippen LogP contribution in [0.5, 0.6) is 11.5 Å². The zero-order chi connectivity index (χ0) is 13.0. The summed E-state index contributed by atoms with van der Waals surface area (Å²) in [5.74, 6) is 0.732. The fourth-order valence-corrected chi connectivity index (χ4v) is 1.78. The lowest BCUT2D eigenvalue weighted by atomic mass is 10.1. The van der Waals surface area contributed by atoms with Crippen molar-refractivity contribution in [2.75, 3.05) is 6.54 Å². The Balaban J connectivity index is 2.17. The molecule has 0 saturated heterocycles. The number of benzene rings is 2. The quantitative estimate of drug-likeness (QED) is 0.913. The molecule has 0 aromatic heterocycles. The van der Waals surface area contributed by atoms with Crippen molar-refractivity contribution in [3.05, 3.63) is 58.9 Å². The predicted molar refractivity (Wildman–Crippen MR) is 70.7 cm³/mol. The molecule has 0 bridgehead atoms. The minimum absolute atomic E-state index is 0.0469. The Labute approximate surface area is 110 Å². The van der Waals surface area contributed by atoms with Gasteiger partial charge in [-0.15, -0.1) is 0 Å². The van der Waals surface area contributed by atoms with Crippen molar-refractivity contribution in [2.24, 2.45) is 5.73 Å². The monoisotopic (exact) mass is 265 g/mol. The van der Waals surface area contributed by atoms with E-state index in [2.05, 4.69) is 0 Å². The molecule has 2 aromatic carbocycles. The van der Waals surface area contributed by atoms with Gasteiger partial charge in [-0.25, -0.2) is 4.39 Å². The van der Waals surface area contributed by atoms with Crippen molar-refractivity contribution in [2.45, 2.75) is 6.42 Å². The number of halogens is 2. The second-order valence-corrected chi connectivity index (χ2v) is 4.27. The molecular formula is C14H13ClFNO. The summed E-state index contributed by atoms with van der Waals surface area (Å²) in [6.45, 7) is 0.589. The summed E-state index contributed by atoms with van der Waals surface area (Å²) in [4.78, 5) is 0. The van der Waals surface area contributed by atoms with Gasteiger partial charge in [-0.05, 0) is 42.8 Å². The molecule has 0 amide bonds. The van der Waals surface area contributed by atoms with Crippen LogP contribution in [0, 0.1) is 5.82 Å². The smallest absolute Gasteiger partial charge is 0.142 e. The minimum atomic E-state index is -0.458. The first-order valence-electron chi connectivity index (χ1n) is 5.61. The summed E-state index contributed by atoms with van der Waals surface area (Å²) in [7, 11) is 0. The summed E-state index contributed by atoms with van der Waals surface area (Å²) in [6.07, 6.45) is 0.793. The van der Waals surface area contributed by atoms with Crippen LogP contribution in [0.2, 0.25) is 5.02 Å². The molecule has 18 heavy (non-hydrogen) atoms. The largest absolute Gasteiger partial charge is 0.457 e. The van der Waals surface area contributed by atoms with Crippen LogP contribution in [0.1, 0.15) is 5.56 Å². The molecule has 2 aromatic rings. The van der Waals surface area contributed by atoms with Crippen LogP contribution in [-0.4, -0.2) is 6.54 Å². The number of hydrogen-bond donors (Lipinski definition) is 1. The van der Waals surface area contributed by atoms with Crippen molar-refractivity contribution in [1.29, 1.82) is 0 Å². The summed E-state index contributed by atoms with van der Waals surface area (Å²) >= 11 is 5.69. The number of nitrogens with two attached hydrogens (primary N) is 1. The van der Waals surface area contributed by atoms with Crippen molar-refractivity contribution in [1.82, 2.24) is 0 Å². The van der Waals surface area contributed by atoms with Crippen molar-refractivity contribution in [3.8, 4) is 11.5 Å². The predicted octanol–water partition coefficient (Wildman–Crippen LogP) is 3.77. The lowest BCUT2D eigenvalue weighted by Crippen LogP contribution is -2.02. The van der Waals surface area contributed by atoms with E-state index in [1.54, 1.807) is 0 Å². The molecule has 0 atom stereocenters. The summed E-state index contributed by atoms with van der Waals surface area (Å²) in [5.41, 5.74) is 6.60. The SMILES string of the molecule is NCCc1cccc(Oc2ccc(F)c(Cl)c2)c1. The second-order valence-electron chi connectivity index (χ2n) is 3.86. The van der Waals surface area contributed by atoms with Gasteiger partial charge in [0, 0.05) is 6.07 Å². The molecule has 2 nitrogen and oxygen atoms in total. The Hall–Kier alpha value is -1.58. The van der Waals surface area contributed by atoms with Crippen LogP contribution in [0.15, 0.2) is 42.5 Å². The maximum atomic E-state index is 13.0. The van der Waals surface area contributed by atoms with E-state index in [-0.39, 0.29) is 5.02 Å². The van der Waals surface area contributed by atoms with Gasteiger partial charge in [0.2, 0.25) is 0 Å². The van der Waals surface area contributed by atoms with Crippen molar-refractivity contribution >= 4 is 11.6 Å². The van der Waals surface area contributed by atoms with Gasteiger partial charge in [-0.3, -0.25) is 0 Å². The Kier molecular flexibility index (Phi) is 4.18. The Bertz CT molecular complexity index is 545. The van der Waals surface area contributed by atoms with Crippen molar-refractivity contribution in [3.63, 3.8) is 0 Å². The van der Waals surface area contributed by atoms with E-state index in [1.165, 1.54) is 18.2 Å². The molecule has 0 aliphatic carbocycles. The van der Waals surface area contributed by atoms with Gasteiger partial charge in [-0.2, -0.15) is 0 Å². The zero-order valence-corrected chi connectivity index (χ0v) is 10.5. The van der Waals surface area contributed by atoms with E-state index in [0.29, 0.717) is 18.0 Å². The third kappa shape index (κ3) is 3.22. The normalized spacial score (nSPS) is 10.4. The van der Waals surface area contributed by atoms with Gasteiger partial charge in [0.15, 0.2) is 0 Å². The van der Waals surface area contributed by atoms with Gasteiger partial charge in [-0.1, -0.05) is 23.7 Å². The number of rotatable bonds is 4. The van der Waals surface area contributed by atoms with Crippen LogP contribution in [0.3, 0.4) is 0 Å². The van der Waals surface area contributed by atoms with Gasteiger partial charge >= 0.3 is 0 Å². The molecule has 0 radical (unpaired) electrons. The lowest BCUT2D eigenvalue weighted by molar-refractivity contribution is 0.480. The first-order valence-corrected chi connectivity index (χ1v) is 5.99. The first kappa shape index (κ1) is 12.9. The summed E-state index contributed by atoms with van der Waals surface area (Å²) in [6, 6.07) is 11.9. The highest BCUT2D eigenvalue weighted by molar-refractivity contribution is 6.30. The molecule has 4 heteroatoms. The average molecular weight is 266 g/mol. The van der Waals surface area contributed by atoms with Crippen LogP contribution in [0.4, 0.5) is 4.39 Å². The van der Waals surface area contributed by atoms with Gasteiger partial charge < -0.3 is 10.5 Å². The van der Waals surface area contributed by atoms with Gasteiger partial charge in [0.05, 0.1) is 5.02 Å². The van der Waals surface area contributed by atoms with Gasteiger partial charge in [0.25, 0.3) is 0 Å². The highest BCUT2D eigenvalue weighted by Gasteiger charge is 2.03. The maximum absolute atomic E-state index is 13.0. The van der Waals surface area contributed by atoms with Crippen molar-refractivity contribution < 1.29 is 9.13 Å². The van der Waals surface area contributed by atoms with E-state index >= 15 is 0 Å². The zero-order valence-electron chi connectivity index (χ0n) is 9.70. The number of hydrogen-bond acceptors (Lipinski definition) is 2. The van der Waals surface area contributed by atoms with E-state index < -0.39 is 5.82 Å². The molecule has 0 unspecified atom stereocenters. The topological polar surface area (TPSA) is 35.2 Å². The molecular weight excluding hydrogens is 253 g/mol. The minimum Gasteiger partial charge on any atom is -0.457 e. The van der Waals surface area contributed by atoms with Crippen LogP contribution >= 0.6 is 11.6 Å². The van der Waals surface area contributed by atoms with Crippen LogP contribution in [-0.2, 0) is 6.42 Å². The average Bonchev–Trinajstić information content (AvgIpc) is 2.35. The molecule has 94 valence electrons. The second kappa shape index (κ2) is 5.85. The fraction of sp³-hybridized carbons (Fsp3) is 0.143. The standard InChI is InChI=1S/C14H13ClFNO/c15-13-9-12(4-5-14(13)16)18-11-3-1-2-10(8-11)6-7-17/h1-5,8-9H,6-7,17H2. The lowest BCUT2D eigenvalue weighted by Gasteiger charge is -2.08. The van der Waals surface area contributed by atoms with E-state index in [9.17, 15) is 4.39 Å². The first-order chi connectivity index (χ1) is 8.69. The Morgan fingerprint density at radius 1 is 1.11 bits per heavy atom. The maximum Gasteiger partial charge on any atom is 0.142 e. The molecule has 0 saturated carbocycles. The molecule has 0 aliphatic heterocycles. The molecule has 0 spiro atoms. The van der Waals surface area contributed by atoms with E-state index in [0.717, 1.165) is 12.0 Å². The Morgan fingerprint density at radius 3 is 2.61 bits per heavy atom. The highest BCUT2D eigenvalue weighted by Crippen LogP contribution is 2.26. The summed E-state index contributed by atoms with van der Waals surface area (Å²) < 4.78 is 18.6. The molecule has 2 N–H and O–H groups in total. The third-order valence-electron chi connectivity index (χ3n) is 2.46. The molecule has 2 rings (SSSR count). The summed E-state index contributed by atoms with van der Waals surface area (Å²) in [5, 5.41) is 0.0469. The fourth-order valence-electron chi connectivity index (χ4n) is 1.61. The van der Waals surface area contributed by atoms with E-state index in [4.69, 9.17) is 22.1 Å². The Morgan fingerprint density at radius 2 is 1.89 bits per heavy atom. The molecule has 0 heterocycles.